The van der Waals surface area contributed by atoms with E-state index in [9.17, 15) is 14.7 Å². The van der Waals surface area contributed by atoms with Gasteiger partial charge in [-0.2, -0.15) is 0 Å². The first-order valence-corrected chi connectivity index (χ1v) is 5.77. The van der Waals surface area contributed by atoms with Gasteiger partial charge in [-0.25, -0.2) is 9.59 Å². The number of amides is 2. The summed E-state index contributed by atoms with van der Waals surface area (Å²) in [6.07, 6.45) is 0.745. The van der Waals surface area contributed by atoms with Gasteiger partial charge in [0, 0.05) is 20.0 Å². The Morgan fingerprint density at radius 1 is 1.58 bits per heavy atom. The van der Waals surface area contributed by atoms with Gasteiger partial charge >= 0.3 is 12.0 Å². The lowest BCUT2D eigenvalue weighted by Crippen LogP contribution is -2.46. The van der Waals surface area contributed by atoms with Crippen LogP contribution in [0.3, 0.4) is 0 Å². The number of urea groups is 1. The number of β-amino-alcohol motifs (C(OH)–C–C–N with tert-alkyl or cyclic N) is 1. The highest BCUT2D eigenvalue weighted by Crippen LogP contribution is 2.18. The molecular weight excluding hydrogens is 254 g/mol. The van der Waals surface area contributed by atoms with Crippen LogP contribution in [-0.4, -0.2) is 60.6 Å². The van der Waals surface area contributed by atoms with Crippen LogP contribution in [-0.2, 0) is 18.4 Å². The Balaban J connectivity index is 1.96. The number of rotatable bonds is 3. The first kappa shape index (κ1) is 13.3. The van der Waals surface area contributed by atoms with Crippen LogP contribution < -0.4 is 5.32 Å². The molecule has 1 aromatic rings. The molecule has 0 radical (unpaired) electrons. The minimum absolute atomic E-state index is 0.0155. The van der Waals surface area contributed by atoms with Crippen LogP contribution in [0.4, 0.5) is 4.79 Å². The average molecular weight is 269 g/mol. The number of carbonyl (C=O) groups is 2. The fourth-order valence-corrected chi connectivity index (χ4v) is 2.00. The quantitative estimate of drug-likeness (QED) is 0.617. The second-order valence-electron chi connectivity index (χ2n) is 4.41. The Kier molecular flexibility index (Phi) is 3.65. The van der Waals surface area contributed by atoms with Gasteiger partial charge in [0.2, 0.25) is 0 Å². The van der Waals surface area contributed by atoms with Gasteiger partial charge in [-0.3, -0.25) is 0 Å². The van der Waals surface area contributed by atoms with Crippen molar-refractivity contribution in [2.75, 3.05) is 6.54 Å². The van der Waals surface area contributed by atoms with Gasteiger partial charge in [0.1, 0.15) is 12.4 Å². The maximum atomic E-state index is 11.9. The van der Waals surface area contributed by atoms with Crippen molar-refractivity contribution >= 4 is 12.0 Å². The van der Waals surface area contributed by atoms with E-state index in [1.165, 1.54) is 6.33 Å². The van der Waals surface area contributed by atoms with Crippen LogP contribution in [0.2, 0.25) is 0 Å². The van der Waals surface area contributed by atoms with Crippen molar-refractivity contribution in [3.05, 3.63) is 12.2 Å². The number of carbonyl (C=O) groups excluding carboxylic acids is 1. The summed E-state index contributed by atoms with van der Waals surface area (Å²) < 4.78 is 1.65. The molecule has 0 bridgehead atoms. The third kappa shape index (κ3) is 2.81. The smallest absolute Gasteiger partial charge is 0.326 e. The fraction of sp³-hybridized carbons (Fsp3) is 0.600. The van der Waals surface area contributed by atoms with Gasteiger partial charge in [0.25, 0.3) is 0 Å². The number of carboxylic acid groups (broad SMARTS) is 1. The van der Waals surface area contributed by atoms with Crippen LogP contribution in [0.5, 0.6) is 0 Å². The molecule has 1 fully saturated rings. The molecule has 9 nitrogen and oxygen atoms in total. The third-order valence-electron chi connectivity index (χ3n) is 3.03. The SMILES string of the molecule is Cn1cnnc1CNC(=O)N1CC(O)CC1C(=O)O. The van der Waals surface area contributed by atoms with Crippen LogP contribution in [0.1, 0.15) is 12.2 Å². The van der Waals surface area contributed by atoms with Crippen molar-refractivity contribution in [3.8, 4) is 0 Å². The maximum absolute atomic E-state index is 11.9. The molecular formula is C10H15N5O4. The van der Waals surface area contributed by atoms with Crippen molar-refractivity contribution in [2.24, 2.45) is 7.05 Å². The molecule has 0 aromatic carbocycles. The molecule has 1 saturated heterocycles. The van der Waals surface area contributed by atoms with Gasteiger partial charge in [-0.15, -0.1) is 10.2 Å². The summed E-state index contributed by atoms with van der Waals surface area (Å²) in [5.74, 6) is -0.565. The second-order valence-corrected chi connectivity index (χ2v) is 4.41. The number of hydrogen-bond acceptors (Lipinski definition) is 5. The summed E-state index contributed by atoms with van der Waals surface area (Å²) in [4.78, 5) is 24.0. The molecule has 2 heterocycles. The first-order valence-electron chi connectivity index (χ1n) is 5.77. The molecule has 2 atom stereocenters. The Labute approximate surface area is 108 Å². The number of aliphatic carboxylic acids is 1. The van der Waals surface area contributed by atoms with Gasteiger partial charge in [-0.05, 0) is 0 Å². The van der Waals surface area contributed by atoms with Crippen molar-refractivity contribution < 1.29 is 19.8 Å². The lowest BCUT2D eigenvalue weighted by atomic mass is 10.2. The first-order chi connectivity index (χ1) is 8.99. The van der Waals surface area contributed by atoms with Crippen molar-refractivity contribution in [1.29, 1.82) is 0 Å². The van der Waals surface area contributed by atoms with E-state index in [2.05, 4.69) is 15.5 Å². The number of aryl methyl sites for hydroxylation is 1. The van der Waals surface area contributed by atoms with Crippen molar-refractivity contribution in [1.82, 2.24) is 25.0 Å². The molecule has 0 spiro atoms. The number of nitrogens with one attached hydrogen (secondary N) is 1. The number of aliphatic hydroxyl groups is 1. The van der Waals surface area contributed by atoms with E-state index in [1.807, 2.05) is 0 Å². The number of likely N-dealkylation sites (tertiary alicyclic amines) is 1. The summed E-state index contributed by atoms with van der Waals surface area (Å²) in [6.45, 7) is 0.163. The number of aromatic nitrogens is 3. The number of aliphatic hydroxyl groups excluding tert-OH is 1. The molecule has 1 aliphatic heterocycles. The van der Waals surface area contributed by atoms with Gasteiger partial charge < -0.3 is 25.0 Å². The topological polar surface area (TPSA) is 121 Å². The normalized spacial score (nSPS) is 22.5. The molecule has 0 saturated carbocycles. The summed E-state index contributed by atoms with van der Waals surface area (Å²) in [5.41, 5.74) is 0. The fourth-order valence-electron chi connectivity index (χ4n) is 2.00. The third-order valence-corrected chi connectivity index (χ3v) is 3.03. The Morgan fingerprint density at radius 3 is 2.89 bits per heavy atom. The lowest BCUT2D eigenvalue weighted by Gasteiger charge is -2.21. The highest BCUT2D eigenvalue weighted by molar-refractivity contribution is 5.83. The van der Waals surface area contributed by atoms with Crippen LogP contribution >= 0.6 is 0 Å². The average Bonchev–Trinajstić information content (AvgIpc) is 2.92. The van der Waals surface area contributed by atoms with Gasteiger partial charge in [0.15, 0.2) is 5.82 Å². The molecule has 9 heteroatoms. The number of nitrogens with zero attached hydrogens (tertiary/aromatic N) is 4. The highest BCUT2D eigenvalue weighted by Gasteiger charge is 2.38. The summed E-state index contributed by atoms with van der Waals surface area (Å²) >= 11 is 0. The maximum Gasteiger partial charge on any atom is 0.326 e. The van der Waals surface area contributed by atoms with E-state index >= 15 is 0 Å². The van der Waals surface area contributed by atoms with E-state index in [-0.39, 0.29) is 19.5 Å². The zero-order chi connectivity index (χ0) is 14.0. The molecule has 2 amide bonds. The zero-order valence-corrected chi connectivity index (χ0v) is 10.4. The van der Waals surface area contributed by atoms with Crippen LogP contribution in [0.25, 0.3) is 0 Å². The van der Waals surface area contributed by atoms with E-state index in [4.69, 9.17) is 5.11 Å². The predicted octanol–water partition coefficient (Wildman–Crippen LogP) is -1.46. The molecule has 0 aliphatic carbocycles. The Hall–Kier alpha value is -2.16. The van der Waals surface area contributed by atoms with Crippen molar-refractivity contribution in [3.63, 3.8) is 0 Å². The van der Waals surface area contributed by atoms with Crippen molar-refractivity contribution in [2.45, 2.75) is 25.1 Å². The molecule has 104 valence electrons. The summed E-state index contributed by atoms with van der Waals surface area (Å²) in [5, 5.41) is 28.5. The minimum atomic E-state index is -1.12. The monoisotopic (exact) mass is 269 g/mol. The second kappa shape index (κ2) is 5.22. The largest absolute Gasteiger partial charge is 0.480 e. The molecule has 2 rings (SSSR count). The van der Waals surface area contributed by atoms with Crippen LogP contribution in [0.15, 0.2) is 6.33 Å². The highest BCUT2D eigenvalue weighted by atomic mass is 16.4. The summed E-state index contributed by atoms with van der Waals surface area (Å²) in [7, 11) is 1.74. The van der Waals surface area contributed by atoms with Crippen LogP contribution in [0, 0.1) is 0 Å². The standard InChI is InChI=1S/C10H15N5O4/c1-14-5-12-13-8(14)3-11-10(19)15-4-6(16)2-7(15)9(17)18/h5-7,16H,2-4H2,1H3,(H,11,19)(H,17,18). The number of hydrogen-bond donors (Lipinski definition) is 3. The molecule has 2 unspecified atom stereocenters. The lowest BCUT2D eigenvalue weighted by molar-refractivity contribution is -0.141. The Morgan fingerprint density at radius 2 is 2.32 bits per heavy atom. The van der Waals surface area contributed by atoms with Gasteiger partial charge in [0.05, 0.1) is 12.6 Å². The van der Waals surface area contributed by atoms with E-state index in [0.29, 0.717) is 5.82 Å². The predicted molar refractivity (Wildman–Crippen MR) is 62.0 cm³/mol. The Bertz CT molecular complexity index is 488. The molecule has 19 heavy (non-hydrogen) atoms. The van der Waals surface area contributed by atoms with E-state index in [1.54, 1.807) is 11.6 Å². The molecule has 1 aliphatic rings. The molecule has 1 aromatic heterocycles. The van der Waals surface area contributed by atoms with Gasteiger partial charge in [-0.1, -0.05) is 0 Å². The van der Waals surface area contributed by atoms with E-state index < -0.39 is 24.1 Å². The minimum Gasteiger partial charge on any atom is -0.480 e. The molecule has 3 N–H and O–H groups in total. The number of carboxylic acids is 1. The zero-order valence-electron chi connectivity index (χ0n) is 10.4. The summed E-state index contributed by atoms with van der Waals surface area (Å²) in [6, 6.07) is -1.53. The van der Waals surface area contributed by atoms with E-state index in [0.717, 1.165) is 4.90 Å².